The van der Waals surface area contributed by atoms with Crippen molar-refractivity contribution in [3.8, 4) is 0 Å². The SMILES string of the molecule is CCCCCCCCCCCCCCCCCn1ncsc1=N. The van der Waals surface area contributed by atoms with E-state index < -0.39 is 0 Å². The maximum Gasteiger partial charge on any atom is 0.199 e. The van der Waals surface area contributed by atoms with E-state index in [0.29, 0.717) is 4.80 Å². The van der Waals surface area contributed by atoms with Gasteiger partial charge in [0.2, 0.25) is 0 Å². The summed E-state index contributed by atoms with van der Waals surface area (Å²) in [6.07, 6.45) is 20.9. The van der Waals surface area contributed by atoms with Crippen LogP contribution in [0.3, 0.4) is 0 Å². The van der Waals surface area contributed by atoms with E-state index in [0.717, 1.165) is 13.0 Å². The van der Waals surface area contributed by atoms with Gasteiger partial charge in [-0.2, -0.15) is 5.10 Å². The minimum Gasteiger partial charge on any atom is -0.274 e. The van der Waals surface area contributed by atoms with Crippen LogP contribution in [0.5, 0.6) is 0 Å². The molecule has 0 unspecified atom stereocenters. The van der Waals surface area contributed by atoms with Gasteiger partial charge in [0.25, 0.3) is 0 Å². The highest BCUT2D eigenvalue weighted by Gasteiger charge is 1.96. The number of unbranched alkanes of at least 4 members (excludes halogenated alkanes) is 14. The van der Waals surface area contributed by atoms with Gasteiger partial charge in [-0.3, -0.25) is 5.41 Å². The molecule has 0 spiro atoms. The molecular weight excluding hydrogens is 302 g/mol. The Kier molecular flexibility index (Phi) is 13.2. The fourth-order valence-electron chi connectivity index (χ4n) is 3.04. The Morgan fingerprint density at radius 3 is 1.61 bits per heavy atom. The van der Waals surface area contributed by atoms with Gasteiger partial charge < -0.3 is 0 Å². The molecule has 0 atom stereocenters. The van der Waals surface area contributed by atoms with E-state index in [-0.39, 0.29) is 0 Å². The van der Waals surface area contributed by atoms with E-state index in [1.54, 1.807) is 5.51 Å². The van der Waals surface area contributed by atoms with Crippen LogP contribution in [0.4, 0.5) is 0 Å². The Morgan fingerprint density at radius 2 is 1.22 bits per heavy atom. The summed E-state index contributed by atoms with van der Waals surface area (Å²) in [5.74, 6) is 0. The molecule has 0 aliphatic carbocycles. The van der Waals surface area contributed by atoms with Crippen molar-refractivity contribution < 1.29 is 0 Å². The lowest BCUT2D eigenvalue weighted by molar-refractivity contribution is 0.501. The summed E-state index contributed by atoms with van der Waals surface area (Å²) >= 11 is 1.41. The van der Waals surface area contributed by atoms with Gasteiger partial charge in [0.15, 0.2) is 4.80 Å². The van der Waals surface area contributed by atoms with E-state index in [1.807, 2.05) is 4.68 Å². The highest BCUT2D eigenvalue weighted by atomic mass is 32.1. The quantitative estimate of drug-likeness (QED) is 0.353. The van der Waals surface area contributed by atoms with E-state index in [1.165, 1.54) is 101 Å². The summed E-state index contributed by atoms with van der Waals surface area (Å²) in [5, 5.41) is 11.8. The molecule has 1 aromatic heterocycles. The molecule has 0 saturated heterocycles. The van der Waals surface area contributed by atoms with Crippen LogP contribution in [-0.4, -0.2) is 9.78 Å². The predicted molar refractivity (Wildman–Crippen MR) is 101 cm³/mol. The molecule has 0 amide bonds. The van der Waals surface area contributed by atoms with Crippen molar-refractivity contribution in [2.75, 3.05) is 0 Å². The van der Waals surface area contributed by atoms with Gasteiger partial charge in [0, 0.05) is 6.54 Å². The number of aromatic nitrogens is 2. The van der Waals surface area contributed by atoms with Crippen molar-refractivity contribution in [3.05, 3.63) is 10.3 Å². The Balaban J connectivity index is 1.73. The molecule has 0 radical (unpaired) electrons. The molecular formula is C19H37N3S. The standard InChI is InChI=1S/C19H37N3S/c1-2-3-4-5-6-7-8-9-10-11-12-13-14-15-16-17-22-19(20)23-18-21-22/h18,20H,2-17H2,1H3. The number of nitrogens with zero attached hydrogens (tertiary/aromatic N) is 2. The minimum atomic E-state index is 0.579. The Bertz CT molecular complexity index is 411. The molecule has 0 aliphatic rings. The lowest BCUT2D eigenvalue weighted by Gasteiger charge is -2.03. The Labute approximate surface area is 147 Å². The number of rotatable bonds is 16. The van der Waals surface area contributed by atoms with Gasteiger partial charge in [0.1, 0.15) is 5.51 Å². The molecule has 4 heteroatoms. The van der Waals surface area contributed by atoms with E-state index in [4.69, 9.17) is 5.41 Å². The smallest absolute Gasteiger partial charge is 0.199 e. The van der Waals surface area contributed by atoms with Crippen LogP contribution < -0.4 is 4.80 Å². The average molecular weight is 340 g/mol. The van der Waals surface area contributed by atoms with Crippen LogP contribution in [0.15, 0.2) is 5.51 Å². The van der Waals surface area contributed by atoms with Crippen molar-refractivity contribution in [2.24, 2.45) is 0 Å². The van der Waals surface area contributed by atoms with Gasteiger partial charge in [-0.05, 0) is 6.42 Å². The summed E-state index contributed by atoms with van der Waals surface area (Å²) in [6.45, 7) is 3.20. The minimum absolute atomic E-state index is 0.579. The summed E-state index contributed by atoms with van der Waals surface area (Å²) in [7, 11) is 0. The van der Waals surface area contributed by atoms with Crippen molar-refractivity contribution in [3.63, 3.8) is 0 Å². The van der Waals surface area contributed by atoms with Gasteiger partial charge in [-0.1, -0.05) is 108 Å². The summed E-state index contributed by atoms with van der Waals surface area (Å²) in [6, 6.07) is 0. The molecule has 134 valence electrons. The summed E-state index contributed by atoms with van der Waals surface area (Å²) < 4.78 is 1.81. The zero-order chi connectivity index (χ0) is 16.6. The molecule has 0 saturated carbocycles. The van der Waals surface area contributed by atoms with Crippen molar-refractivity contribution >= 4 is 11.3 Å². The van der Waals surface area contributed by atoms with Gasteiger partial charge in [-0.25, -0.2) is 4.68 Å². The van der Waals surface area contributed by atoms with Crippen LogP contribution in [0.25, 0.3) is 0 Å². The number of aryl methyl sites for hydroxylation is 1. The second-order valence-corrected chi connectivity index (χ2v) is 7.55. The van der Waals surface area contributed by atoms with Crippen molar-refractivity contribution in [1.29, 1.82) is 5.41 Å². The molecule has 0 fully saturated rings. The maximum atomic E-state index is 7.65. The third kappa shape index (κ3) is 11.5. The molecule has 1 N–H and O–H groups in total. The molecule has 0 bridgehead atoms. The topological polar surface area (TPSA) is 41.7 Å². The number of hydrogen-bond acceptors (Lipinski definition) is 3. The van der Waals surface area contributed by atoms with Crippen LogP contribution >= 0.6 is 11.3 Å². The number of nitrogens with one attached hydrogen (secondary N) is 1. The van der Waals surface area contributed by atoms with Crippen LogP contribution in [-0.2, 0) is 6.54 Å². The molecule has 23 heavy (non-hydrogen) atoms. The molecule has 0 aliphatic heterocycles. The zero-order valence-corrected chi connectivity index (χ0v) is 16.0. The maximum absolute atomic E-state index is 7.65. The van der Waals surface area contributed by atoms with E-state index in [2.05, 4.69) is 12.0 Å². The third-order valence-corrected chi connectivity index (χ3v) is 5.19. The summed E-state index contributed by atoms with van der Waals surface area (Å²) in [5.41, 5.74) is 1.76. The molecule has 3 nitrogen and oxygen atoms in total. The van der Waals surface area contributed by atoms with Crippen molar-refractivity contribution in [1.82, 2.24) is 9.78 Å². The van der Waals surface area contributed by atoms with E-state index in [9.17, 15) is 0 Å². The Hall–Kier alpha value is -0.640. The fourth-order valence-corrected chi connectivity index (χ4v) is 3.56. The normalized spacial score (nSPS) is 11.2. The monoisotopic (exact) mass is 339 g/mol. The molecule has 0 aromatic carbocycles. The lowest BCUT2D eigenvalue weighted by Crippen LogP contribution is -2.14. The van der Waals surface area contributed by atoms with Crippen LogP contribution in [0.2, 0.25) is 0 Å². The highest BCUT2D eigenvalue weighted by molar-refractivity contribution is 7.06. The first-order chi connectivity index (χ1) is 11.3. The first kappa shape index (κ1) is 20.4. The highest BCUT2D eigenvalue weighted by Crippen LogP contribution is 2.13. The Morgan fingerprint density at radius 1 is 0.783 bits per heavy atom. The van der Waals surface area contributed by atoms with Crippen LogP contribution in [0.1, 0.15) is 103 Å². The molecule has 1 rings (SSSR count). The largest absolute Gasteiger partial charge is 0.274 e. The predicted octanol–water partition coefficient (Wildman–Crippen LogP) is 6.30. The molecule has 1 heterocycles. The first-order valence-electron chi connectivity index (χ1n) is 9.89. The zero-order valence-electron chi connectivity index (χ0n) is 15.2. The lowest BCUT2D eigenvalue weighted by atomic mass is 10.0. The van der Waals surface area contributed by atoms with Gasteiger partial charge in [0.05, 0.1) is 0 Å². The van der Waals surface area contributed by atoms with Gasteiger partial charge >= 0.3 is 0 Å². The summed E-state index contributed by atoms with van der Waals surface area (Å²) in [4.78, 5) is 0.579. The average Bonchev–Trinajstić information content (AvgIpc) is 2.96. The van der Waals surface area contributed by atoms with Crippen molar-refractivity contribution in [2.45, 2.75) is 110 Å². The second kappa shape index (κ2) is 14.9. The van der Waals surface area contributed by atoms with E-state index >= 15 is 0 Å². The molecule has 1 aromatic rings. The fraction of sp³-hybridized carbons (Fsp3) is 0.895. The number of hydrogen-bond donors (Lipinski definition) is 1. The third-order valence-electron chi connectivity index (χ3n) is 4.56. The first-order valence-corrected chi connectivity index (χ1v) is 10.8. The second-order valence-electron chi connectivity index (χ2n) is 6.72. The van der Waals surface area contributed by atoms with Gasteiger partial charge in [-0.15, -0.1) is 0 Å². The van der Waals surface area contributed by atoms with Crippen LogP contribution in [0, 0.1) is 5.41 Å².